The summed E-state index contributed by atoms with van der Waals surface area (Å²) in [4.78, 5) is 13.3. The van der Waals surface area contributed by atoms with Gasteiger partial charge < -0.3 is 5.32 Å². The SMILES string of the molecule is CSc1cccc(NC(=O)C[C@@H]2C[C@H]3CC[C@@H]2C3)c1. The predicted molar refractivity (Wildman–Crippen MR) is 80.4 cm³/mol. The number of hydrogen-bond acceptors (Lipinski definition) is 2. The Balaban J connectivity index is 1.56. The second kappa shape index (κ2) is 5.58. The zero-order chi connectivity index (χ0) is 13.2. The molecule has 0 heterocycles. The first-order chi connectivity index (χ1) is 9.24. The number of benzene rings is 1. The Morgan fingerprint density at radius 3 is 2.95 bits per heavy atom. The van der Waals surface area contributed by atoms with E-state index < -0.39 is 0 Å². The topological polar surface area (TPSA) is 29.1 Å². The van der Waals surface area contributed by atoms with E-state index in [2.05, 4.69) is 17.6 Å². The van der Waals surface area contributed by atoms with E-state index in [4.69, 9.17) is 0 Å². The lowest BCUT2D eigenvalue weighted by Gasteiger charge is -2.20. The lowest BCUT2D eigenvalue weighted by Crippen LogP contribution is -2.20. The molecule has 3 rings (SSSR count). The van der Waals surface area contributed by atoms with Crippen LogP contribution in [0.1, 0.15) is 32.1 Å². The van der Waals surface area contributed by atoms with Crippen LogP contribution < -0.4 is 5.32 Å². The molecule has 0 unspecified atom stereocenters. The van der Waals surface area contributed by atoms with Gasteiger partial charge in [0.2, 0.25) is 5.91 Å². The molecular weight excluding hydrogens is 254 g/mol. The van der Waals surface area contributed by atoms with E-state index in [-0.39, 0.29) is 5.91 Å². The second-order valence-corrected chi connectivity index (χ2v) is 6.80. The van der Waals surface area contributed by atoms with E-state index >= 15 is 0 Å². The molecule has 2 nitrogen and oxygen atoms in total. The third-order valence-corrected chi connectivity index (χ3v) is 5.41. The van der Waals surface area contributed by atoms with Gasteiger partial charge in [0.25, 0.3) is 0 Å². The van der Waals surface area contributed by atoms with Crippen molar-refractivity contribution in [2.45, 2.75) is 37.0 Å². The summed E-state index contributed by atoms with van der Waals surface area (Å²) in [7, 11) is 0. The van der Waals surface area contributed by atoms with Crippen LogP contribution in [0, 0.1) is 17.8 Å². The Labute approximate surface area is 119 Å². The molecule has 0 aliphatic heterocycles. The minimum atomic E-state index is 0.191. The van der Waals surface area contributed by atoms with E-state index in [1.54, 1.807) is 11.8 Å². The van der Waals surface area contributed by atoms with E-state index in [0.29, 0.717) is 12.3 Å². The van der Waals surface area contributed by atoms with Crippen LogP contribution in [0.5, 0.6) is 0 Å². The summed E-state index contributed by atoms with van der Waals surface area (Å²) in [6.07, 6.45) is 8.17. The molecular formula is C16H21NOS. The van der Waals surface area contributed by atoms with Crippen molar-refractivity contribution in [3.63, 3.8) is 0 Å². The number of carbonyl (C=O) groups excluding carboxylic acids is 1. The van der Waals surface area contributed by atoms with Gasteiger partial charge in [-0.2, -0.15) is 0 Å². The highest BCUT2D eigenvalue weighted by atomic mass is 32.2. The molecule has 19 heavy (non-hydrogen) atoms. The van der Waals surface area contributed by atoms with E-state index in [9.17, 15) is 4.79 Å². The summed E-state index contributed by atoms with van der Waals surface area (Å²) < 4.78 is 0. The summed E-state index contributed by atoms with van der Waals surface area (Å²) in [6, 6.07) is 8.08. The van der Waals surface area contributed by atoms with Crippen LogP contribution in [0.3, 0.4) is 0 Å². The molecule has 102 valence electrons. The molecule has 0 radical (unpaired) electrons. The molecule has 1 aromatic carbocycles. The largest absolute Gasteiger partial charge is 0.326 e. The lowest BCUT2D eigenvalue weighted by atomic mass is 9.86. The summed E-state index contributed by atoms with van der Waals surface area (Å²) in [5.41, 5.74) is 0.931. The first-order valence-corrected chi connectivity index (χ1v) is 8.41. The Morgan fingerprint density at radius 2 is 2.26 bits per heavy atom. The third-order valence-electron chi connectivity index (χ3n) is 4.69. The van der Waals surface area contributed by atoms with Crippen molar-refractivity contribution in [1.82, 2.24) is 0 Å². The van der Waals surface area contributed by atoms with Gasteiger partial charge in [-0.15, -0.1) is 11.8 Å². The van der Waals surface area contributed by atoms with Gasteiger partial charge >= 0.3 is 0 Å². The quantitative estimate of drug-likeness (QED) is 0.835. The van der Waals surface area contributed by atoms with Gasteiger partial charge in [-0.3, -0.25) is 4.79 Å². The van der Waals surface area contributed by atoms with E-state index in [0.717, 1.165) is 17.5 Å². The molecule has 0 aromatic heterocycles. The maximum atomic E-state index is 12.1. The van der Waals surface area contributed by atoms with Crippen LogP contribution in [-0.4, -0.2) is 12.2 Å². The lowest BCUT2D eigenvalue weighted by molar-refractivity contribution is -0.117. The maximum absolute atomic E-state index is 12.1. The Bertz CT molecular complexity index is 474. The molecule has 2 fully saturated rings. The molecule has 3 atom stereocenters. The first kappa shape index (κ1) is 13.0. The molecule has 2 aliphatic carbocycles. The van der Waals surface area contributed by atoms with Crippen LogP contribution >= 0.6 is 11.8 Å². The van der Waals surface area contributed by atoms with Crippen molar-refractivity contribution in [2.75, 3.05) is 11.6 Å². The fraction of sp³-hybridized carbons (Fsp3) is 0.562. The van der Waals surface area contributed by atoms with Gasteiger partial charge in [0, 0.05) is 17.0 Å². The van der Waals surface area contributed by atoms with Crippen LogP contribution in [0.25, 0.3) is 0 Å². The average molecular weight is 275 g/mol. The fourth-order valence-electron chi connectivity index (χ4n) is 3.78. The zero-order valence-corrected chi connectivity index (χ0v) is 12.2. The van der Waals surface area contributed by atoms with Crippen LogP contribution in [0.15, 0.2) is 29.2 Å². The molecule has 1 amide bonds. The summed E-state index contributed by atoms with van der Waals surface area (Å²) in [6.45, 7) is 0. The van der Waals surface area contributed by atoms with Gasteiger partial charge in [-0.1, -0.05) is 12.5 Å². The summed E-state index contributed by atoms with van der Waals surface area (Å²) in [5.74, 6) is 2.58. The minimum absolute atomic E-state index is 0.191. The molecule has 2 bridgehead atoms. The Morgan fingerprint density at radius 1 is 1.37 bits per heavy atom. The van der Waals surface area contributed by atoms with Gasteiger partial charge in [0.05, 0.1) is 0 Å². The van der Waals surface area contributed by atoms with Crippen molar-refractivity contribution in [1.29, 1.82) is 0 Å². The number of fused-ring (bicyclic) bond motifs is 2. The number of rotatable bonds is 4. The number of anilines is 1. The number of hydrogen-bond donors (Lipinski definition) is 1. The van der Waals surface area contributed by atoms with Crippen molar-refractivity contribution in [3.8, 4) is 0 Å². The molecule has 0 spiro atoms. The van der Waals surface area contributed by atoms with Gasteiger partial charge in [0.15, 0.2) is 0 Å². The van der Waals surface area contributed by atoms with E-state index in [1.807, 2.05) is 18.2 Å². The molecule has 1 N–H and O–H groups in total. The minimum Gasteiger partial charge on any atom is -0.326 e. The normalized spacial score (nSPS) is 28.6. The Kier molecular flexibility index (Phi) is 3.83. The monoisotopic (exact) mass is 275 g/mol. The molecule has 2 saturated carbocycles. The second-order valence-electron chi connectivity index (χ2n) is 5.92. The average Bonchev–Trinajstić information content (AvgIpc) is 3.01. The zero-order valence-electron chi connectivity index (χ0n) is 11.4. The van der Waals surface area contributed by atoms with Crippen LogP contribution in [0.4, 0.5) is 5.69 Å². The number of nitrogens with one attached hydrogen (secondary N) is 1. The highest BCUT2D eigenvalue weighted by molar-refractivity contribution is 7.98. The number of carbonyl (C=O) groups is 1. The molecule has 3 heteroatoms. The standard InChI is InChI=1S/C16H21NOS/c1-19-15-4-2-3-14(10-15)17-16(18)9-13-8-11-5-6-12(13)7-11/h2-4,10-13H,5-9H2,1H3,(H,17,18)/t11-,12+,13-/m0/s1. The molecule has 0 saturated heterocycles. The van der Waals surface area contributed by atoms with Gasteiger partial charge in [-0.05, 0) is 61.5 Å². The van der Waals surface area contributed by atoms with Gasteiger partial charge in [0.1, 0.15) is 0 Å². The van der Waals surface area contributed by atoms with Crippen molar-refractivity contribution in [2.24, 2.45) is 17.8 Å². The predicted octanol–water partition coefficient (Wildman–Crippen LogP) is 4.17. The van der Waals surface area contributed by atoms with E-state index in [1.165, 1.54) is 30.6 Å². The summed E-state index contributed by atoms with van der Waals surface area (Å²) >= 11 is 1.70. The Hall–Kier alpha value is -0.960. The van der Waals surface area contributed by atoms with Crippen molar-refractivity contribution in [3.05, 3.63) is 24.3 Å². The smallest absolute Gasteiger partial charge is 0.224 e. The van der Waals surface area contributed by atoms with Gasteiger partial charge in [-0.25, -0.2) is 0 Å². The van der Waals surface area contributed by atoms with Crippen LogP contribution in [0.2, 0.25) is 0 Å². The van der Waals surface area contributed by atoms with Crippen molar-refractivity contribution < 1.29 is 4.79 Å². The number of amides is 1. The molecule has 1 aromatic rings. The maximum Gasteiger partial charge on any atom is 0.224 e. The third kappa shape index (κ3) is 2.97. The molecule has 2 aliphatic rings. The first-order valence-electron chi connectivity index (χ1n) is 7.18. The van der Waals surface area contributed by atoms with Crippen LogP contribution in [-0.2, 0) is 4.79 Å². The van der Waals surface area contributed by atoms with Crippen molar-refractivity contribution >= 4 is 23.4 Å². The number of thioether (sulfide) groups is 1. The fourth-order valence-corrected chi connectivity index (χ4v) is 4.24. The summed E-state index contributed by atoms with van der Waals surface area (Å²) in [5, 5.41) is 3.05. The highest BCUT2D eigenvalue weighted by Crippen LogP contribution is 2.49. The highest BCUT2D eigenvalue weighted by Gasteiger charge is 2.40.